The van der Waals surface area contributed by atoms with Gasteiger partial charge in [-0.2, -0.15) is 0 Å². The summed E-state index contributed by atoms with van der Waals surface area (Å²) in [5.41, 5.74) is 1.30. The van der Waals surface area contributed by atoms with Crippen LogP contribution in [0.1, 0.15) is 51.2 Å². The van der Waals surface area contributed by atoms with Crippen LogP contribution in [-0.4, -0.2) is 23.1 Å². The maximum Gasteiger partial charge on any atom is 0.292 e. The minimum absolute atomic E-state index is 0.0783. The van der Waals surface area contributed by atoms with E-state index in [0.29, 0.717) is 17.3 Å². The van der Waals surface area contributed by atoms with Gasteiger partial charge in [0.15, 0.2) is 0 Å². The molecule has 0 saturated heterocycles. The summed E-state index contributed by atoms with van der Waals surface area (Å²) >= 11 is 0. The van der Waals surface area contributed by atoms with Gasteiger partial charge >= 0.3 is 0 Å². The summed E-state index contributed by atoms with van der Waals surface area (Å²) < 4.78 is 0. The third kappa shape index (κ3) is 3.53. The SMILES string of the molecule is CC1CCC(N(C)c2ccc([C@@H](C)O)cc2[N+](=O)[O-])CC1. The molecule has 1 aliphatic carbocycles. The molecule has 1 N–H and O–H groups in total. The molecule has 116 valence electrons. The van der Waals surface area contributed by atoms with Crippen LogP contribution >= 0.6 is 0 Å². The van der Waals surface area contributed by atoms with Crippen LogP contribution in [0.25, 0.3) is 0 Å². The third-order valence-electron chi connectivity index (χ3n) is 4.59. The molecule has 2 rings (SSSR count). The van der Waals surface area contributed by atoms with Gasteiger partial charge in [-0.25, -0.2) is 0 Å². The van der Waals surface area contributed by atoms with Gasteiger partial charge in [0.2, 0.25) is 0 Å². The first-order valence-corrected chi connectivity index (χ1v) is 7.59. The van der Waals surface area contributed by atoms with Crippen molar-refractivity contribution in [1.29, 1.82) is 0 Å². The van der Waals surface area contributed by atoms with E-state index in [9.17, 15) is 15.2 Å². The van der Waals surface area contributed by atoms with Crippen LogP contribution in [0.3, 0.4) is 0 Å². The molecule has 1 saturated carbocycles. The molecule has 0 unspecified atom stereocenters. The normalized spacial score (nSPS) is 23.6. The predicted molar refractivity (Wildman–Crippen MR) is 83.6 cm³/mol. The fraction of sp³-hybridized carbons (Fsp3) is 0.625. The third-order valence-corrected chi connectivity index (χ3v) is 4.59. The molecule has 0 aliphatic heterocycles. The fourth-order valence-corrected chi connectivity index (χ4v) is 3.07. The van der Waals surface area contributed by atoms with Crippen LogP contribution in [0.15, 0.2) is 18.2 Å². The van der Waals surface area contributed by atoms with Crippen molar-refractivity contribution >= 4 is 11.4 Å². The van der Waals surface area contributed by atoms with Crippen molar-refractivity contribution in [3.63, 3.8) is 0 Å². The van der Waals surface area contributed by atoms with Gasteiger partial charge in [0.05, 0.1) is 11.0 Å². The Balaban J connectivity index is 2.27. The van der Waals surface area contributed by atoms with Crippen LogP contribution < -0.4 is 4.90 Å². The first-order chi connectivity index (χ1) is 9.90. The van der Waals surface area contributed by atoms with Crippen molar-refractivity contribution in [2.24, 2.45) is 5.92 Å². The Morgan fingerprint density at radius 2 is 1.95 bits per heavy atom. The van der Waals surface area contributed by atoms with E-state index in [1.807, 2.05) is 11.9 Å². The number of benzene rings is 1. The molecular formula is C16H24N2O3. The van der Waals surface area contributed by atoms with E-state index >= 15 is 0 Å². The molecule has 0 amide bonds. The minimum atomic E-state index is -0.696. The zero-order chi connectivity index (χ0) is 15.6. The Morgan fingerprint density at radius 1 is 1.33 bits per heavy atom. The Labute approximate surface area is 125 Å². The maximum absolute atomic E-state index is 11.3. The van der Waals surface area contributed by atoms with Gasteiger partial charge in [0, 0.05) is 19.2 Å². The molecule has 1 aromatic rings. The van der Waals surface area contributed by atoms with Crippen molar-refractivity contribution in [2.75, 3.05) is 11.9 Å². The highest BCUT2D eigenvalue weighted by atomic mass is 16.6. The Morgan fingerprint density at radius 3 is 2.48 bits per heavy atom. The van der Waals surface area contributed by atoms with Crippen molar-refractivity contribution < 1.29 is 10.0 Å². The highest BCUT2D eigenvalue weighted by Crippen LogP contribution is 2.35. The first kappa shape index (κ1) is 15.8. The second kappa shape index (κ2) is 6.43. The van der Waals surface area contributed by atoms with Crippen LogP contribution in [0.5, 0.6) is 0 Å². The molecule has 1 aliphatic rings. The zero-order valence-corrected chi connectivity index (χ0v) is 13.0. The fourth-order valence-electron chi connectivity index (χ4n) is 3.07. The molecule has 5 nitrogen and oxygen atoms in total. The van der Waals surface area contributed by atoms with Crippen LogP contribution in [0.4, 0.5) is 11.4 Å². The van der Waals surface area contributed by atoms with Crippen molar-refractivity contribution in [1.82, 2.24) is 0 Å². The Hall–Kier alpha value is -1.62. The van der Waals surface area contributed by atoms with E-state index in [1.165, 1.54) is 18.9 Å². The topological polar surface area (TPSA) is 66.6 Å². The zero-order valence-electron chi connectivity index (χ0n) is 13.0. The van der Waals surface area contributed by atoms with Gasteiger partial charge in [0.1, 0.15) is 5.69 Å². The number of nitro benzene ring substituents is 1. The number of aliphatic hydroxyl groups excluding tert-OH is 1. The summed E-state index contributed by atoms with van der Waals surface area (Å²) in [5, 5.41) is 20.9. The van der Waals surface area contributed by atoms with Crippen molar-refractivity contribution in [3.8, 4) is 0 Å². The smallest absolute Gasteiger partial charge is 0.292 e. The molecule has 5 heteroatoms. The van der Waals surface area contributed by atoms with Gasteiger partial charge in [-0.3, -0.25) is 10.1 Å². The van der Waals surface area contributed by atoms with Gasteiger partial charge < -0.3 is 10.0 Å². The molecule has 21 heavy (non-hydrogen) atoms. The second-order valence-electron chi connectivity index (χ2n) is 6.21. The second-order valence-corrected chi connectivity index (χ2v) is 6.21. The molecule has 1 aromatic carbocycles. The Kier molecular flexibility index (Phi) is 4.83. The predicted octanol–water partition coefficient (Wildman–Crippen LogP) is 3.66. The van der Waals surface area contributed by atoms with E-state index in [4.69, 9.17) is 0 Å². The summed E-state index contributed by atoms with van der Waals surface area (Å²) in [6.45, 7) is 3.88. The summed E-state index contributed by atoms with van der Waals surface area (Å²) in [4.78, 5) is 13.0. The Bertz CT molecular complexity index is 508. The molecule has 0 radical (unpaired) electrons. The monoisotopic (exact) mass is 292 g/mol. The van der Waals surface area contributed by atoms with Crippen LogP contribution in [0.2, 0.25) is 0 Å². The van der Waals surface area contributed by atoms with E-state index in [2.05, 4.69) is 6.92 Å². The van der Waals surface area contributed by atoms with Gasteiger partial charge in [-0.05, 0) is 50.2 Å². The lowest BCUT2D eigenvalue weighted by Gasteiger charge is -2.34. The summed E-state index contributed by atoms with van der Waals surface area (Å²) in [6.07, 6.45) is 3.81. The summed E-state index contributed by atoms with van der Waals surface area (Å²) in [7, 11) is 1.94. The summed E-state index contributed by atoms with van der Waals surface area (Å²) in [6, 6.07) is 5.38. The molecule has 0 bridgehead atoms. The van der Waals surface area contributed by atoms with Gasteiger partial charge in [0.25, 0.3) is 5.69 Å². The maximum atomic E-state index is 11.3. The molecule has 0 spiro atoms. The largest absolute Gasteiger partial charge is 0.389 e. The number of hydrogen-bond acceptors (Lipinski definition) is 4. The lowest BCUT2D eigenvalue weighted by atomic mass is 9.86. The number of nitrogens with zero attached hydrogens (tertiary/aromatic N) is 2. The molecule has 1 atom stereocenters. The first-order valence-electron chi connectivity index (χ1n) is 7.59. The summed E-state index contributed by atoms with van der Waals surface area (Å²) in [5.74, 6) is 0.752. The average Bonchev–Trinajstić information content (AvgIpc) is 2.46. The van der Waals surface area contributed by atoms with E-state index < -0.39 is 6.10 Å². The highest BCUT2D eigenvalue weighted by molar-refractivity contribution is 5.64. The molecule has 0 heterocycles. The number of anilines is 1. The number of nitro groups is 1. The van der Waals surface area contributed by atoms with Crippen LogP contribution in [0, 0.1) is 16.0 Å². The standard InChI is InChI=1S/C16H24N2O3/c1-11-4-7-14(8-5-11)17(3)15-9-6-13(12(2)19)10-16(15)18(20)21/h6,9-12,14,19H,4-5,7-8H2,1-3H3/t11?,12-,14?/m1/s1. The van der Waals surface area contributed by atoms with Crippen LogP contribution in [-0.2, 0) is 0 Å². The van der Waals surface area contributed by atoms with E-state index in [0.717, 1.165) is 18.8 Å². The molecular weight excluding hydrogens is 268 g/mol. The van der Waals surface area contributed by atoms with Gasteiger partial charge in [-0.1, -0.05) is 13.0 Å². The quantitative estimate of drug-likeness (QED) is 0.679. The van der Waals surface area contributed by atoms with E-state index in [-0.39, 0.29) is 10.6 Å². The van der Waals surface area contributed by atoms with Gasteiger partial charge in [-0.15, -0.1) is 0 Å². The lowest BCUT2D eigenvalue weighted by Crippen LogP contribution is -2.35. The molecule has 1 fully saturated rings. The number of aliphatic hydroxyl groups is 1. The highest BCUT2D eigenvalue weighted by Gasteiger charge is 2.26. The minimum Gasteiger partial charge on any atom is -0.389 e. The average molecular weight is 292 g/mol. The van der Waals surface area contributed by atoms with Crippen molar-refractivity contribution in [3.05, 3.63) is 33.9 Å². The number of rotatable bonds is 4. The number of hydrogen-bond donors (Lipinski definition) is 1. The van der Waals surface area contributed by atoms with E-state index in [1.54, 1.807) is 19.1 Å². The lowest BCUT2D eigenvalue weighted by molar-refractivity contribution is -0.384. The molecule has 0 aromatic heterocycles. The van der Waals surface area contributed by atoms with Crippen molar-refractivity contribution in [2.45, 2.75) is 51.7 Å².